The van der Waals surface area contributed by atoms with E-state index in [-0.39, 0.29) is 12.1 Å². The molecule has 1 atom stereocenters. The van der Waals surface area contributed by atoms with Gasteiger partial charge < -0.3 is 10.2 Å². The van der Waals surface area contributed by atoms with Crippen LogP contribution in [0.25, 0.3) is 0 Å². The van der Waals surface area contributed by atoms with Gasteiger partial charge in [0.15, 0.2) is 0 Å². The Morgan fingerprint density at radius 3 is 2.82 bits per heavy atom. The van der Waals surface area contributed by atoms with Crippen LogP contribution < -0.4 is 5.32 Å². The lowest BCUT2D eigenvalue weighted by atomic mass is 10.0. The number of nitrogens with zero attached hydrogens (tertiary/aromatic N) is 2. The Kier molecular flexibility index (Phi) is 3.80. The van der Waals surface area contributed by atoms with Gasteiger partial charge in [0.1, 0.15) is 6.17 Å². The molecular weight excluding hydrogens is 274 g/mol. The maximum Gasteiger partial charge on any atom is 0.257 e. The number of nitrogens with one attached hydrogen (secondary N) is 1. The second-order valence-corrected chi connectivity index (χ2v) is 5.33. The number of carbonyl (C=O) groups is 1. The molecule has 1 N–H and O–H groups in total. The molecule has 1 unspecified atom stereocenters. The third-order valence-electron chi connectivity index (χ3n) is 3.82. The van der Waals surface area contributed by atoms with Gasteiger partial charge in [0, 0.05) is 12.2 Å². The van der Waals surface area contributed by atoms with E-state index in [4.69, 9.17) is 5.26 Å². The van der Waals surface area contributed by atoms with E-state index in [0.29, 0.717) is 17.7 Å². The van der Waals surface area contributed by atoms with E-state index < -0.39 is 0 Å². The van der Waals surface area contributed by atoms with Crippen molar-refractivity contribution in [2.45, 2.75) is 19.5 Å². The molecule has 4 nitrogen and oxygen atoms in total. The Labute approximate surface area is 130 Å². The van der Waals surface area contributed by atoms with Crippen LogP contribution in [0.4, 0.5) is 5.69 Å². The zero-order valence-corrected chi connectivity index (χ0v) is 12.4. The summed E-state index contributed by atoms with van der Waals surface area (Å²) >= 11 is 0. The molecule has 2 aromatic carbocycles. The molecule has 0 fully saturated rings. The molecule has 0 aliphatic carbocycles. The number of amides is 1. The molecule has 0 saturated heterocycles. The van der Waals surface area contributed by atoms with Crippen LogP contribution in [0.5, 0.6) is 0 Å². The van der Waals surface area contributed by atoms with E-state index in [1.165, 1.54) is 0 Å². The van der Waals surface area contributed by atoms with Gasteiger partial charge in [-0.15, -0.1) is 0 Å². The number of nitriles is 1. The van der Waals surface area contributed by atoms with Crippen LogP contribution >= 0.6 is 0 Å². The van der Waals surface area contributed by atoms with Crippen molar-refractivity contribution in [1.29, 1.82) is 5.26 Å². The molecule has 1 aliphatic rings. The van der Waals surface area contributed by atoms with Crippen LogP contribution in [-0.2, 0) is 0 Å². The van der Waals surface area contributed by atoms with Crippen molar-refractivity contribution in [3.05, 3.63) is 65.2 Å². The summed E-state index contributed by atoms with van der Waals surface area (Å²) in [6.45, 7) is 2.72. The highest BCUT2D eigenvalue weighted by atomic mass is 16.2. The summed E-state index contributed by atoms with van der Waals surface area (Å²) in [5.74, 6) is 0.0311. The quantitative estimate of drug-likeness (QED) is 0.941. The standard InChI is InChI=1S/C18H17N3O/c1-2-10-21-17(14-7-5-6-13(11-14)12-19)20-16-9-4-3-8-15(16)18(21)22/h3-9,11,17,20H,2,10H2,1H3. The molecule has 1 heterocycles. The topological polar surface area (TPSA) is 56.1 Å². The van der Waals surface area contributed by atoms with Crippen LogP contribution in [-0.4, -0.2) is 17.4 Å². The molecule has 4 heteroatoms. The lowest BCUT2D eigenvalue weighted by Crippen LogP contribution is -2.43. The maximum atomic E-state index is 12.8. The van der Waals surface area contributed by atoms with Crippen LogP contribution in [0.15, 0.2) is 48.5 Å². The van der Waals surface area contributed by atoms with Crippen molar-refractivity contribution < 1.29 is 4.79 Å². The van der Waals surface area contributed by atoms with Crippen LogP contribution in [0.2, 0.25) is 0 Å². The summed E-state index contributed by atoms with van der Waals surface area (Å²) in [5.41, 5.74) is 3.06. The highest BCUT2D eigenvalue weighted by molar-refractivity contribution is 6.01. The number of hydrogen-bond acceptors (Lipinski definition) is 3. The van der Waals surface area contributed by atoms with Crippen LogP contribution in [0.3, 0.4) is 0 Å². The lowest BCUT2D eigenvalue weighted by Gasteiger charge is -2.38. The van der Waals surface area contributed by atoms with E-state index >= 15 is 0 Å². The summed E-state index contributed by atoms with van der Waals surface area (Å²) in [7, 11) is 0. The van der Waals surface area contributed by atoms with Gasteiger partial charge in [-0.25, -0.2) is 0 Å². The molecule has 22 heavy (non-hydrogen) atoms. The summed E-state index contributed by atoms with van der Waals surface area (Å²) in [5, 5.41) is 12.5. The zero-order valence-electron chi connectivity index (χ0n) is 12.4. The van der Waals surface area contributed by atoms with E-state index in [1.807, 2.05) is 47.4 Å². The zero-order chi connectivity index (χ0) is 15.5. The van der Waals surface area contributed by atoms with E-state index in [2.05, 4.69) is 18.3 Å². The van der Waals surface area contributed by atoms with Crippen LogP contribution in [0, 0.1) is 11.3 Å². The first-order chi connectivity index (χ1) is 10.7. The number of rotatable bonds is 3. The molecule has 0 saturated carbocycles. The van der Waals surface area contributed by atoms with Crippen molar-refractivity contribution in [2.24, 2.45) is 0 Å². The summed E-state index contributed by atoms with van der Waals surface area (Å²) in [6.07, 6.45) is 0.639. The minimum Gasteiger partial charge on any atom is -0.361 e. The van der Waals surface area contributed by atoms with Crippen molar-refractivity contribution in [1.82, 2.24) is 4.90 Å². The van der Waals surface area contributed by atoms with Crippen molar-refractivity contribution in [2.75, 3.05) is 11.9 Å². The molecule has 1 aliphatic heterocycles. The molecular formula is C18H17N3O. The maximum absolute atomic E-state index is 12.8. The number of fused-ring (bicyclic) bond motifs is 1. The third kappa shape index (κ3) is 2.42. The Morgan fingerprint density at radius 1 is 1.23 bits per heavy atom. The van der Waals surface area contributed by atoms with Gasteiger partial charge in [-0.2, -0.15) is 5.26 Å². The van der Waals surface area contributed by atoms with Gasteiger partial charge in [-0.3, -0.25) is 4.79 Å². The number of para-hydroxylation sites is 1. The molecule has 0 radical (unpaired) electrons. The van der Waals surface area contributed by atoms with Gasteiger partial charge in [0.2, 0.25) is 0 Å². The lowest BCUT2D eigenvalue weighted by molar-refractivity contribution is 0.0683. The predicted octanol–water partition coefficient (Wildman–Crippen LogP) is 3.53. The molecule has 0 aromatic heterocycles. The fraction of sp³-hybridized carbons (Fsp3) is 0.222. The van der Waals surface area contributed by atoms with Crippen molar-refractivity contribution >= 4 is 11.6 Å². The second kappa shape index (κ2) is 5.90. The molecule has 2 aromatic rings. The monoisotopic (exact) mass is 291 g/mol. The van der Waals surface area contributed by atoms with Gasteiger partial charge in [-0.05, 0) is 36.2 Å². The molecule has 0 spiro atoms. The first-order valence-electron chi connectivity index (χ1n) is 7.41. The van der Waals surface area contributed by atoms with E-state index in [1.54, 1.807) is 6.07 Å². The molecule has 1 amide bonds. The average molecular weight is 291 g/mol. The SMILES string of the molecule is CCCN1C(=O)c2ccccc2NC1c1cccc(C#N)c1. The van der Waals surface area contributed by atoms with Gasteiger partial charge in [-0.1, -0.05) is 31.2 Å². The third-order valence-corrected chi connectivity index (χ3v) is 3.82. The van der Waals surface area contributed by atoms with Crippen molar-refractivity contribution in [3.63, 3.8) is 0 Å². The fourth-order valence-electron chi connectivity index (χ4n) is 2.81. The van der Waals surface area contributed by atoms with Gasteiger partial charge >= 0.3 is 0 Å². The van der Waals surface area contributed by atoms with Gasteiger partial charge in [0.05, 0.1) is 17.2 Å². The Balaban J connectivity index is 2.05. The van der Waals surface area contributed by atoms with Gasteiger partial charge in [0.25, 0.3) is 5.91 Å². The molecule has 3 rings (SSSR count). The summed E-state index contributed by atoms with van der Waals surface area (Å²) in [6, 6.07) is 17.1. The second-order valence-electron chi connectivity index (χ2n) is 5.33. The fourth-order valence-corrected chi connectivity index (χ4v) is 2.81. The number of carbonyl (C=O) groups excluding carboxylic acids is 1. The molecule has 0 bridgehead atoms. The van der Waals surface area contributed by atoms with E-state index in [0.717, 1.165) is 17.7 Å². The summed E-state index contributed by atoms with van der Waals surface area (Å²) in [4.78, 5) is 14.6. The number of hydrogen-bond donors (Lipinski definition) is 1. The molecule has 110 valence electrons. The summed E-state index contributed by atoms with van der Waals surface area (Å²) < 4.78 is 0. The smallest absolute Gasteiger partial charge is 0.257 e. The normalized spacial score (nSPS) is 16.6. The first-order valence-corrected chi connectivity index (χ1v) is 7.41. The van der Waals surface area contributed by atoms with E-state index in [9.17, 15) is 4.79 Å². The minimum absolute atomic E-state index is 0.0311. The highest BCUT2D eigenvalue weighted by Crippen LogP contribution is 2.33. The Hall–Kier alpha value is -2.80. The first kappa shape index (κ1) is 14.2. The average Bonchev–Trinajstić information content (AvgIpc) is 2.57. The van der Waals surface area contributed by atoms with Crippen LogP contribution in [0.1, 0.15) is 41.0 Å². The Morgan fingerprint density at radius 2 is 2.05 bits per heavy atom. The van der Waals surface area contributed by atoms with Crippen molar-refractivity contribution in [3.8, 4) is 6.07 Å². The highest BCUT2D eigenvalue weighted by Gasteiger charge is 2.32. The number of benzene rings is 2. The predicted molar refractivity (Wildman–Crippen MR) is 85.3 cm³/mol. The number of anilines is 1. The minimum atomic E-state index is -0.240. The Bertz CT molecular complexity index is 748. The largest absolute Gasteiger partial charge is 0.361 e.